The average Bonchev–Trinajstić information content (AvgIpc) is 3.08. The van der Waals surface area contributed by atoms with Crippen molar-refractivity contribution in [2.24, 2.45) is 5.92 Å². The molecule has 2 heterocycles. The number of nitrogens with zero attached hydrogens (tertiary/aromatic N) is 1. The Hall–Kier alpha value is -0.270. The third kappa shape index (κ3) is 4.42. The highest BCUT2D eigenvalue weighted by molar-refractivity contribution is 7.99. The van der Waals surface area contributed by atoms with Crippen molar-refractivity contribution in [3.8, 4) is 0 Å². The Balaban J connectivity index is 1.50. The van der Waals surface area contributed by atoms with Crippen LogP contribution in [0.3, 0.4) is 0 Å². The van der Waals surface area contributed by atoms with Crippen LogP contribution in [0, 0.1) is 5.92 Å². The van der Waals surface area contributed by atoms with E-state index in [-0.39, 0.29) is 9.92 Å². The first-order chi connectivity index (χ1) is 11.1. The summed E-state index contributed by atoms with van der Waals surface area (Å²) in [6, 6.07) is 7.32. The molecule has 0 saturated carbocycles. The van der Waals surface area contributed by atoms with Gasteiger partial charge in [-0.25, -0.2) is 13.1 Å². The van der Waals surface area contributed by atoms with Gasteiger partial charge in [-0.2, -0.15) is 11.8 Å². The number of likely N-dealkylation sites (tertiary alicyclic amines) is 1. The second-order valence-electron chi connectivity index (χ2n) is 6.28. The SMILES string of the molecule is O=S(=O)(NCC1CCN([C@H]2CCSC2)CC1)c1ccccc1Cl. The smallest absolute Gasteiger partial charge is 0.242 e. The van der Waals surface area contributed by atoms with Gasteiger partial charge >= 0.3 is 0 Å². The Morgan fingerprint density at radius 1 is 1.22 bits per heavy atom. The fraction of sp³-hybridized carbons (Fsp3) is 0.625. The van der Waals surface area contributed by atoms with Gasteiger partial charge in [0.25, 0.3) is 0 Å². The molecule has 128 valence electrons. The van der Waals surface area contributed by atoms with E-state index in [1.165, 1.54) is 17.9 Å². The third-order valence-electron chi connectivity index (χ3n) is 4.76. The van der Waals surface area contributed by atoms with E-state index in [9.17, 15) is 8.42 Å². The van der Waals surface area contributed by atoms with E-state index in [2.05, 4.69) is 9.62 Å². The fourth-order valence-electron chi connectivity index (χ4n) is 3.30. The zero-order valence-corrected chi connectivity index (χ0v) is 15.5. The van der Waals surface area contributed by atoms with Crippen molar-refractivity contribution in [1.29, 1.82) is 0 Å². The number of halogens is 1. The van der Waals surface area contributed by atoms with Crippen LogP contribution in [0.4, 0.5) is 0 Å². The lowest BCUT2D eigenvalue weighted by molar-refractivity contribution is 0.145. The quantitative estimate of drug-likeness (QED) is 0.860. The molecule has 23 heavy (non-hydrogen) atoms. The van der Waals surface area contributed by atoms with Crippen molar-refractivity contribution in [2.45, 2.75) is 30.2 Å². The van der Waals surface area contributed by atoms with Gasteiger partial charge in [0.15, 0.2) is 0 Å². The van der Waals surface area contributed by atoms with Gasteiger partial charge in [-0.15, -0.1) is 0 Å². The van der Waals surface area contributed by atoms with Crippen LogP contribution < -0.4 is 4.72 Å². The lowest BCUT2D eigenvalue weighted by atomic mass is 9.96. The predicted molar refractivity (Wildman–Crippen MR) is 96.7 cm³/mol. The lowest BCUT2D eigenvalue weighted by Gasteiger charge is -2.35. The first kappa shape index (κ1) is 17.5. The molecule has 1 N–H and O–H groups in total. The number of hydrogen-bond acceptors (Lipinski definition) is 4. The van der Waals surface area contributed by atoms with Crippen molar-refractivity contribution in [3.63, 3.8) is 0 Å². The molecule has 2 aliphatic rings. The van der Waals surface area contributed by atoms with E-state index < -0.39 is 10.0 Å². The summed E-state index contributed by atoms with van der Waals surface area (Å²) in [4.78, 5) is 2.75. The molecule has 0 bridgehead atoms. The molecule has 0 radical (unpaired) electrons. The van der Waals surface area contributed by atoms with E-state index in [1.54, 1.807) is 24.3 Å². The standard InChI is InChI=1S/C16H23ClN2O2S2/c17-15-3-1-2-4-16(15)23(20,21)18-11-13-5-8-19(9-6-13)14-7-10-22-12-14/h1-4,13-14,18H,5-12H2/t14-/m0/s1. The minimum absolute atomic E-state index is 0.169. The summed E-state index contributed by atoms with van der Waals surface area (Å²) in [6.07, 6.45) is 3.42. The number of benzene rings is 1. The van der Waals surface area contributed by atoms with Crippen molar-refractivity contribution in [1.82, 2.24) is 9.62 Å². The molecular formula is C16H23ClN2O2S2. The topological polar surface area (TPSA) is 49.4 Å². The summed E-state index contributed by atoms with van der Waals surface area (Å²) >= 11 is 8.04. The van der Waals surface area contributed by atoms with Crippen molar-refractivity contribution in [3.05, 3.63) is 29.3 Å². The molecule has 1 atom stereocenters. The van der Waals surface area contributed by atoms with Crippen LogP contribution in [-0.4, -0.2) is 50.5 Å². The molecule has 1 aromatic rings. The van der Waals surface area contributed by atoms with Gasteiger partial charge in [0.05, 0.1) is 5.02 Å². The maximum atomic E-state index is 12.4. The van der Waals surface area contributed by atoms with Crippen LogP contribution in [0.5, 0.6) is 0 Å². The van der Waals surface area contributed by atoms with Crippen LogP contribution in [-0.2, 0) is 10.0 Å². The first-order valence-electron chi connectivity index (χ1n) is 8.12. The monoisotopic (exact) mass is 374 g/mol. The molecule has 3 rings (SSSR count). The van der Waals surface area contributed by atoms with Gasteiger partial charge in [0.2, 0.25) is 10.0 Å². The van der Waals surface area contributed by atoms with Crippen LogP contribution in [0.1, 0.15) is 19.3 Å². The number of piperidine rings is 1. The highest BCUT2D eigenvalue weighted by Gasteiger charge is 2.28. The minimum atomic E-state index is -3.52. The molecule has 0 amide bonds. The molecule has 0 aliphatic carbocycles. The van der Waals surface area contributed by atoms with Gasteiger partial charge < -0.3 is 0 Å². The molecule has 0 spiro atoms. The third-order valence-corrected chi connectivity index (χ3v) is 7.83. The van der Waals surface area contributed by atoms with Crippen LogP contribution >= 0.6 is 23.4 Å². The van der Waals surface area contributed by atoms with E-state index in [1.807, 2.05) is 11.8 Å². The summed E-state index contributed by atoms with van der Waals surface area (Å²) < 4.78 is 27.5. The van der Waals surface area contributed by atoms with E-state index in [0.717, 1.165) is 32.0 Å². The number of rotatable bonds is 5. The highest BCUT2D eigenvalue weighted by atomic mass is 35.5. The lowest BCUT2D eigenvalue weighted by Crippen LogP contribution is -2.43. The molecule has 2 aliphatic heterocycles. The Kier molecular flexibility index (Phi) is 5.91. The Bertz CT molecular complexity index is 625. The number of hydrogen-bond donors (Lipinski definition) is 1. The molecule has 0 unspecified atom stereocenters. The molecule has 0 aromatic heterocycles. The van der Waals surface area contributed by atoms with Gasteiger partial charge in [0, 0.05) is 18.3 Å². The van der Waals surface area contributed by atoms with Crippen LogP contribution in [0.2, 0.25) is 5.02 Å². The van der Waals surface area contributed by atoms with Gasteiger partial charge in [0.1, 0.15) is 4.90 Å². The maximum absolute atomic E-state index is 12.4. The molecule has 4 nitrogen and oxygen atoms in total. The van der Waals surface area contributed by atoms with E-state index in [0.29, 0.717) is 12.5 Å². The van der Waals surface area contributed by atoms with Gasteiger partial charge in [-0.05, 0) is 56.2 Å². The van der Waals surface area contributed by atoms with Crippen LogP contribution in [0.25, 0.3) is 0 Å². The summed E-state index contributed by atoms with van der Waals surface area (Å²) in [5.74, 6) is 2.95. The molecule has 7 heteroatoms. The zero-order valence-electron chi connectivity index (χ0n) is 13.1. The van der Waals surface area contributed by atoms with E-state index >= 15 is 0 Å². The molecule has 2 saturated heterocycles. The van der Waals surface area contributed by atoms with Gasteiger partial charge in [-0.3, -0.25) is 4.90 Å². The second-order valence-corrected chi connectivity index (χ2v) is 9.57. The zero-order chi connectivity index (χ0) is 16.3. The van der Waals surface area contributed by atoms with Crippen molar-refractivity contribution < 1.29 is 8.42 Å². The Labute approximate surface area is 148 Å². The van der Waals surface area contributed by atoms with E-state index in [4.69, 9.17) is 11.6 Å². The van der Waals surface area contributed by atoms with Gasteiger partial charge in [-0.1, -0.05) is 23.7 Å². The number of thioether (sulfide) groups is 1. The molecule has 2 fully saturated rings. The number of nitrogens with one attached hydrogen (secondary N) is 1. The average molecular weight is 375 g/mol. The summed E-state index contributed by atoms with van der Waals surface area (Å²) in [5, 5.41) is 0.272. The normalized spacial score (nSPS) is 24.1. The van der Waals surface area contributed by atoms with Crippen molar-refractivity contribution >= 4 is 33.4 Å². The summed E-state index contributed by atoms with van der Waals surface area (Å²) in [5.41, 5.74) is 0. The van der Waals surface area contributed by atoms with Crippen LogP contribution in [0.15, 0.2) is 29.2 Å². The summed E-state index contributed by atoms with van der Waals surface area (Å²) in [6.45, 7) is 2.67. The highest BCUT2D eigenvalue weighted by Crippen LogP contribution is 2.27. The number of sulfonamides is 1. The Morgan fingerprint density at radius 2 is 1.96 bits per heavy atom. The molecule has 1 aromatic carbocycles. The predicted octanol–water partition coefficient (Wildman–Crippen LogP) is 2.84. The minimum Gasteiger partial charge on any atom is -0.300 e. The first-order valence-corrected chi connectivity index (χ1v) is 11.1. The maximum Gasteiger partial charge on any atom is 0.242 e. The second kappa shape index (κ2) is 7.74. The fourth-order valence-corrected chi connectivity index (χ4v) is 6.19. The summed E-state index contributed by atoms with van der Waals surface area (Å²) in [7, 11) is -3.52. The van der Waals surface area contributed by atoms with Crippen molar-refractivity contribution in [2.75, 3.05) is 31.1 Å². The Morgan fingerprint density at radius 3 is 2.61 bits per heavy atom. The molecular weight excluding hydrogens is 352 g/mol. The largest absolute Gasteiger partial charge is 0.300 e.